The molecule has 0 saturated heterocycles. The van der Waals surface area contributed by atoms with Crippen molar-refractivity contribution in [2.24, 2.45) is 0 Å². The van der Waals surface area contributed by atoms with Crippen LogP contribution in [0.3, 0.4) is 0 Å². The monoisotopic (exact) mass is 546 g/mol. The van der Waals surface area contributed by atoms with E-state index in [1.807, 2.05) is 0 Å². The molecule has 0 aliphatic heterocycles. The summed E-state index contributed by atoms with van der Waals surface area (Å²) >= 11 is 0. The predicted octanol–water partition coefficient (Wildman–Crippen LogP) is 8.30. The van der Waals surface area contributed by atoms with E-state index in [4.69, 9.17) is 11.1 Å². The number of hydrogen-bond acceptors (Lipinski definition) is 3. The van der Waals surface area contributed by atoms with Gasteiger partial charge in [0.05, 0.1) is 29.8 Å². The fourth-order valence-corrected chi connectivity index (χ4v) is 4.07. The summed E-state index contributed by atoms with van der Waals surface area (Å²) in [5, 5.41) is 3.39. The van der Waals surface area contributed by atoms with Crippen LogP contribution in [0, 0.1) is 6.57 Å². The second kappa shape index (κ2) is 9.38. The molecule has 0 bridgehead atoms. The zero-order valence-corrected chi connectivity index (χ0v) is 19.2. The molecule has 0 aliphatic carbocycles. The van der Waals surface area contributed by atoms with Gasteiger partial charge in [0.1, 0.15) is 0 Å². The second-order valence-corrected chi connectivity index (χ2v) is 8.28. The van der Waals surface area contributed by atoms with Crippen molar-refractivity contribution in [2.75, 3.05) is 0 Å². The number of alkyl halides is 9. The van der Waals surface area contributed by atoms with Gasteiger partial charge in [-0.1, -0.05) is 24.6 Å². The Bertz CT molecular complexity index is 1500. The van der Waals surface area contributed by atoms with Gasteiger partial charge in [-0.05, 0) is 36.8 Å². The van der Waals surface area contributed by atoms with Crippen molar-refractivity contribution in [3.8, 4) is 11.5 Å². The van der Waals surface area contributed by atoms with Crippen LogP contribution in [0.4, 0.5) is 45.2 Å². The Labute approximate surface area is 208 Å². The van der Waals surface area contributed by atoms with Gasteiger partial charge in [0.15, 0.2) is 11.5 Å². The third kappa shape index (κ3) is 5.18. The molecule has 0 N–H and O–H groups in total. The molecule has 0 fully saturated rings. The molecule has 2 heterocycles. The van der Waals surface area contributed by atoms with Gasteiger partial charge in [-0.3, -0.25) is 0 Å². The van der Waals surface area contributed by atoms with E-state index < -0.39 is 52.4 Å². The van der Waals surface area contributed by atoms with Crippen molar-refractivity contribution in [3.05, 3.63) is 76.0 Å². The van der Waals surface area contributed by atoms with E-state index in [1.54, 1.807) is 6.92 Å². The Morgan fingerprint density at radius 1 is 0.895 bits per heavy atom. The van der Waals surface area contributed by atoms with Crippen LogP contribution in [0.2, 0.25) is 0 Å². The molecule has 0 aliphatic rings. The van der Waals surface area contributed by atoms with Crippen LogP contribution in [0.1, 0.15) is 41.6 Å². The molecular formula is C24H15F9N4O. The maximum absolute atomic E-state index is 13.8. The molecule has 0 saturated carbocycles. The molecule has 0 radical (unpaired) electrons. The van der Waals surface area contributed by atoms with E-state index in [2.05, 4.69) is 15.0 Å². The van der Waals surface area contributed by atoms with Crippen LogP contribution in [0.15, 0.2) is 40.9 Å². The maximum atomic E-state index is 13.8. The number of benzene rings is 2. The second-order valence-electron chi connectivity index (χ2n) is 8.28. The normalized spacial score (nSPS) is 12.8. The minimum atomic E-state index is -5.08. The lowest BCUT2D eigenvalue weighted by Gasteiger charge is -2.12. The summed E-state index contributed by atoms with van der Waals surface area (Å²) in [6.07, 6.45) is -14.1. The number of aromatic nitrogens is 3. The van der Waals surface area contributed by atoms with Gasteiger partial charge < -0.3 is 9.09 Å². The lowest BCUT2D eigenvalue weighted by atomic mass is 10.0. The first-order valence-electron chi connectivity index (χ1n) is 10.9. The zero-order chi connectivity index (χ0) is 28.0. The summed E-state index contributed by atoms with van der Waals surface area (Å²) < 4.78 is 127. The van der Waals surface area contributed by atoms with E-state index in [1.165, 1.54) is 16.7 Å². The SMILES string of the molecule is [C-]#[N+]c1ccc2c(cc(CCC)n2Cc2noc(-c3cc(C(F)(F)F)cc(C(F)(F)F)c3)n2)c1C(F)(F)F. The van der Waals surface area contributed by atoms with E-state index in [0.717, 1.165) is 6.07 Å². The predicted molar refractivity (Wildman–Crippen MR) is 116 cm³/mol. The highest BCUT2D eigenvalue weighted by atomic mass is 19.4. The van der Waals surface area contributed by atoms with E-state index in [9.17, 15) is 39.5 Å². The quantitative estimate of drug-likeness (QED) is 0.187. The van der Waals surface area contributed by atoms with E-state index in [0.29, 0.717) is 30.7 Å². The van der Waals surface area contributed by atoms with Gasteiger partial charge in [-0.25, -0.2) is 4.85 Å². The molecule has 0 spiro atoms. The summed E-state index contributed by atoms with van der Waals surface area (Å²) in [4.78, 5) is 6.87. The molecule has 0 atom stereocenters. The first-order chi connectivity index (χ1) is 17.6. The van der Waals surface area contributed by atoms with Crippen molar-refractivity contribution >= 4 is 16.6 Å². The van der Waals surface area contributed by atoms with Gasteiger partial charge in [-0.15, -0.1) is 0 Å². The highest BCUT2D eigenvalue weighted by molar-refractivity contribution is 5.90. The molecule has 38 heavy (non-hydrogen) atoms. The topological polar surface area (TPSA) is 48.2 Å². The third-order valence-corrected chi connectivity index (χ3v) is 5.66. The van der Waals surface area contributed by atoms with Crippen LogP contribution in [0.25, 0.3) is 27.2 Å². The number of aryl methyl sites for hydroxylation is 1. The Morgan fingerprint density at radius 3 is 2.05 bits per heavy atom. The number of nitrogens with zero attached hydrogens (tertiary/aromatic N) is 4. The number of hydrogen-bond donors (Lipinski definition) is 0. The maximum Gasteiger partial charge on any atom is 0.416 e. The van der Waals surface area contributed by atoms with Crippen LogP contribution < -0.4 is 0 Å². The number of rotatable bonds is 5. The lowest BCUT2D eigenvalue weighted by Crippen LogP contribution is -2.11. The van der Waals surface area contributed by atoms with Gasteiger partial charge in [0, 0.05) is 22.2 Å². The summed E-state index contributed by atoms with van der Waals surface area (Å²) in [7, 11) is 0. The number of halogens is 9. The molecule has 4 aromatic rings. The van der Waals surface area contributed by atoms with Gasteiger partial charge in [-0.2, -0.15) is 44.5 Å². The minimum Gasteiger partial charge on any atom is -0.337 e. The Kier molecular flexibility index (Phi) is 6.67. The highest BCUT2D eigenvalue weighted by Crippen LogP contribution is 2.43. The summed E-state index contributed by atoms with van der Waals surface area (Å²) in [6, 6.07) is 4.45. The van der Waals surface area contributed by atoms with Crippen molar-refractivity contribution in [3.63, 3.8) is 0 Å². The molecule has 5 nitrogen and oxygen atoms in total. The highest BCUT2D eigenvalue weighted by Gasteiger charge is 2.38. The fraction of sp³-hybridized carbons (Fsp3) is 0.292. The van der Waals surface area contributed by atoms with Gasteiger partial charge in [0.25, 0.3) is 5.89 Å². The zero-order valence-electron chi connectivity index (χ0n) is 19.2. The summed E-state index contributed by atoms with van der Waals surface area (Å²) in [6.45, 7) is 8.60. The minimum absolute atomic E-state index is 0.0423. The average molecular weight is 546 g/mol. The van der Waals surface area contributed by atoms with Crippen molar-refractivity contribution in [1.82, 2.24) is 14.7 Å². The number of fused-ring (bicyclic) bond motifs is 1. The lowest BCUT2D eigenvalue weighted by molar-refractivity contribution is -0.143. The van der Waals surface area contributed by atoms with Crippen molar-refractivity contribution < 1.29 is 44.0 Å². The molecule has 2 aromatic heterocycles. The van der Waals surface area contributed by atoms with Crippen LogP contribution in [-0.2, 0) is 31.5 Å². The summed E-state index contributed by atoms with van der Waals surface area (Å²) in [5.41, 5.74) is -4.94. The van der Waals surface area contributed by atoms with Gasteiger partial charge >= 0.3 is 18.5 Å². The van der Waals surface area contributed by atoms with Gasteiger partial charge in [0.2, 0.25) is 0 Å². The van der Waals surface area contributed by atoms with Crippen molar-refractivity contribution in [2.45, 2.75) is 44.8 Å². The molecule has 0 unspecified atom stereocenters. The standard InChI is InChI=1S/C24H15F9N4O/c1-3-4-15-10-16-18(6-5-17(34-2)20(16)24(31,32)33)37(15)11-19-35-21(38-36-19)12-7-13(22(25,26)27)9-14(8-12)23(28,29)30/h5-10H,3-4,11H2,1H3. The first-order valence-corrected chi connectivity index (χ1v) is 10.9. The molecule has 4 rings (SSSR count). The Morgan fingerprint density at radius 2 is 1.53 bits per heavy atom. The van der Waals surface area contributed by atoms with Crippen LogP contribution in [-0.4, -0.2) is 14.7 Å². The molecule has 200 valence electrons. The van der Waals surface area contributed by atoms with E-state index in [-0.39, 0.29) is 29.3 Å². The Balaban J connectivity index is 1.81. The molecule has 2 aromatic carbocycles. The van der Waals surface area contributed by atoms with E-state index >= 15 is 0 Å². The largest absolute Gasteiger partial charge is 0.416 e. The molecule has 0 amide bonds. The van der Waals surface area contributed by atoms with Crippen LogP contribution in [0.5, 0.6) is 0 Å². The van der Waals surface area contributed by atoms with Crippen molar-refractivity contribution in [1.29, 1.82) is 0 Å². The van der Waals surface area contributed by atoms with Crippen LogP contribution >= 0.6 is 0 Å². The average Bonchev–Trinajstić information content (AvgIpc) is 3.41. The smallest absolute Gasteiger partial charge is 0.337 e. The molecular weight excluding hydrogens is 531 g/mol. The first kappa shape index (κ1) is 27.0. The summed E-state index contributed by atoms with van der Waals surface area (Å²) in [5.74, 6) is -0.819. The fourth-order valence-electron chi connectivity index (χ4n) is 4.07. The Hall–Kier alpha value is -4.02. The third-order valence-electron chi connectivity index (χ3n) is 5.66. The molecule has 14 heteroatoms.